The van der Waals surface area contributed by atoms with Crippen LogP contribution in [0.2, 0.25) is 0 Å². The second-order valence-corrected chi connectivity index (χ2v) is 7.90. The number of hydrogen-bond acceptors (Lipinski definition) is 7. The molecule has 0 atom stereocenters. The first-order valence-electron chi connectivity index (χ1n) is 9.40. The van der Waals surface area contributed by atoms with Crippen molar-refractivity contribution in [3.8, 4) is 22.1 Å². The zero-order chi connectivity index (χ0) is 21.6. The molecule has 0 fully saturated rings. The second kappa shape index (κ2) is 10.2. The zero-order valence-corrected chi connectivity index (χ0v) is 18.5. The molecule has 0 aliphatic rings. The van der Waals surface area contributed by atoms with Crippen molar-refractivity contribution in [1.82, 2.24) is 9.88 Å². The number of rotatable bonds is 9. The summed E-state index contributed by atoms with van der Waals surface area (Å²) in [6.45, 7) is 7.48. The number of methoxy groups -OCH3 is 2. The van der Waals surface area contributed by atoms with Gasteiger partial charge in [0.15, 0.2) is 18.1 Å². The van der Waals surface area contributed by atoms with Gasteiger partial charge in [-0.25, -0.2) is 4.98 Å². The highest BCUT2D eigenvalue weighted by Crippen LogP contribution is 2.33. The van der Waals surface area contributed by atoms with E-state index in [1.807, 2.05) is 51.3 Å². The zero-order valence-electron chi connectivity index (χ0n) is 17.7. The van der Waals surface area contributed by atoms with Crippen LogP contribution >= 0.6 is 11.3 Å². The molecule has 0 N–H and O–H groups in total. The number of nitrogens with zero attached hydrogens (tertiary/aromatic N) is 2. The number of amides is 1. The molecular weight excluding hydrogens is 392 g/mol. The largest absolute Gasteiger partial charge is 0.493 e. The van der Waals surface area contributed by atoms with Crippen molar-refractivity contribution in [2.24, 2.45) is 0 Å². The number of aromatic nitrogens is 1. The third kappa shape index (κ3) is 5.93. The first-order valence-corrected chi connectivity index (χ1v) is 10.3. The van der Waals surface area contributed by atoms with Gasteiger partial charge in [-0.05, 0) is 45.9 Å². The van der Waals surface area contributed by atoms with Crippen molar-refractivity contribution in [2.45, 2.75) is 46.2 Å². The van der Waals surface area contributed by atoms with E-state index >= 15 is 0 Å². The van der Waals surface area contributed by atoms with Gasteiger partial charge in [-0.2, -0.15) is 0 Å². The lowest BCUT2D eigenvalue weighted by Crippen LogP contribution is -2.44. The van der Waals surface area contributed by atoms with E-state index in [2.05, 4.69) is 4.98 Å². The minimum absolute atomic E-state index is 0.0143. The Kier molecular flexibility index (Phi) is 8.01. The monoisotopic (exact) mass is 420 g/mol. The Morgan fingerprint density at radius 3 is 2.31 bits per heavy atom. The molecule has 0 unspecified atom stereocenters. The molecule has 0 aliphatic carbocycles. The van der Waals surface area contributed by atoms with Crippen LogP contribution in [-0.4, -0.2) is 54.7 Å². The number of thiazole rings is 1. The van der Waals surface area contributed by atoms with Crippen molar-refractivity contribution in [1.29, 1.82) is 0 Å². The van der Waals surface area contributed by atoms with E-state index in [0.717, 1.165) is 10.6 Å². The Balaban J connectivity index is 1.98. The molecular formula is C21H28N2O5S. The van der Waals surface area contributed by atoms with Crippen LogP contribution in [0.5, 0.6) is 11.5 Å². The molecule has 0 saturated carbocycles. The van der Waals surface area contributed by atoms with Crippen molar-refractivity contribution >= 4 is 23.2 Å². The normalized spacial score (nSPS) is 10.9. The van der Waals surface area contributed by atoms with E-state index in [9.17, 15) is 9.59 Å². The highest BCUT2D eigenvalue weighted by atomic mass is 32.1. The van der Waals surface area contributed by atoms with Crippen LogP contribution < -0.4 is 9.47 Å². The fourth-order valence-corrected chi connectivity index (χ4v) is 3.89. The molecule has 0 radical (unpaired) electrons. The molecule has 0 aliphatic heterocycles. The van der Waals surface area contributed by atoms with Crippen LogP contribution in [0.3, 0.4) is 0 Å². The summed E-state index contributed by atoms with van der Waals surface area (Å²) >= 11 is 1.42. The van der Waals surface area contributed by atoms with E-state index in [4.69, 9.17) is 14.2 Å². The minimum Gasteiger partial charge on any atom is -0.493 e. The van der Waals surface area contributed by atoms with Crippen molar-refractivity contribution in [3.05, 3.63) is 29.3 Å². The first kappa shape index (κ1) is 22.7. The number of benzene rings is 1. The highest BCUT2D eigenvalue weighted by molar-refractivity contribution is 7.13. The topological polar surface area (TPSA) is 78.0 Å². The average molecular weight is 421 g/mol. The first-order chi connectivity index (χ1) is 13.8. The summed E-state index contributed by atoms with van der Waals surface area (Å²) in [7, 11) is 3.16. The summed E-state index contributed by atoms with van der Waals surface area (Å²) in [5.74, 6) is 0.570. The maximum absolute atomic E-state index is 12.3. The molecule has 29 heavy (non-hydrogen) atoms. The van der Waals surface area contributed by atoms with E-state index in [1.165, 1.54) is 11.3 Å². The number of esters is 1. The van der Waals surface area contributed by atoms with Crippen molar-refractivity contribution in [2.75, 3.05) is 20.8 Å². The molecule has 1 heterocycles. The number of ether oxygens (including phenoxy) is 3. The predicted octanol–water partition coefficient (Wildman–Crippen LogP) is 3.56. The molecule has 2 aromatic rings. The fourth-order valence-electron chi connectivity index (χ4n) is 3.08. The fraction of sp³-hybridized carbons (Fsp3) is 0.476. The molecule has 158 valence electrons. The number of carbonyl (C=O) groups is 2. The SMILES string of the molecule is COc1ccc(-c2nc(CC(=O)OCC(=O)N(C(C)C)C(C)C)cs2)cc1OC. The second-order valence-electron chi connectivity index (χ2n) is 7.04. The van der Waals surface area contributed by atoms with Gasteiger partial charge in [0.05, 0.1) is 26.3 Å². The quantitative estimate of drug-likeness (QED) is 0.577. The maximum atomic E-state index is 12.3. The van der Waals surface area contributed by atoms with Gasteiger partial charge in [-0.15, -0.1) is 11.3 Å². The molecule has 2 rings (SSSR count). The van der Waals surface area contributed by atoms with Crippen LogP contribution in [0.4, 0.5) is 0 Å². The van der Waals surface area contributed by atoms with E-state index in [-0.39, 0.29) is 31.0 Å². The minimum atomic E-state index is -0.477. The van der Waals surface area contributed by atoms with Crippen molar-refractivity contribution < 1.29 is 23.8 Å². The Labute approximate surface area is 175 Å². The smallest absolute Gasteiger partial charge is 0.312 e. The van der Waals surface area contributed by atoms with Crippen LogP contribution in [0.15, 0.2) is 23.6 Å². The molecule has 0 saturated heterocycles. The summed E-state index contributed by atoms with van der Waals surface area (Å²) < 4.78 is 15.7. The van der Waals surface area contributed by atoms with Gasteiger partial charge >= 0.3 is 5.97 Å². The van der Waals surface area contributed by atoms with Gasteiger partial charge in [0.1, 0.15) is 5.01 Å². The van der Waals surface area contributed by atoms with Crippen LogP contribution in [0.25, 0.3) is 10.6 Å². The Morgan fingerprint density at radius 2 is 1.72 bits per heavy atom. The lowest BCUT2D eigenvalue weighted by atomic mass is 10.2. The molecule has 0 spiro atoms. The average Bonchev–Trinajstić information content (AvgIpc) is 3.13. The predicted molar refractivity (Wildman–Crippen MR) is 112 cm³/mol. The molecule has 7 nitrogen and oxygen atoms in total. The number of carbonyl (C=O) groups excluding carboxylic acids is 2. The van der Waals surface area contributed by atoms with Crippen LogP contribution in [0.1, 0.15) is 33.4 Å². The molecule has 1 aromatic carbocycles. The van der Waals surface area contributed by atoms with E-state index in [0.29, 0.717) is 17.2 Å². The maximum Gasteiger partial charge on any atom is 0.312 e. The Hall–Kier alpha value is -2.61. The van der Waals surface area contributed by atoms with Crippen LogP contribution in [-0.2, 0) is 20.7 Å². The lowest BCUT2D eigenvalue weighted by Gasteiger charge is -2.30. The van der Waals surface area contributed by atoms with E-state index < -0.39 is 5.97 Å². The molecule has 1 amide bonds. The van der Waals surface area contributed by atoms with Crippen LogP contribution in [0, 0.1) is 0 Å². The number of hydrogen-bond donors (Lipinski definition) is 0. The Morgan fingerprint density at radius 1 is 1.07 bits per heavy atom. The summed E-state index contributed by atoms with van der Waals surface area (Å²) in [6, 6.07) is 5.62. The third-order valence-electron chi connectivity index (χ3n) is 4.26. The lowest BCUT2D eigenvalue weighted by molar-refractivity contribution is -0.153. The van der Waals surface area contributed by atoms with Gasteiger partial charge in [0.2, 0.25) is 0 Å². The summed E-state index contributed by atoms with van der Waals surface area (Å²) in [4.78, 5) is 30.6. The van der Waals surface area contributed by atoms with E-state index in [1.54, 1.807) is 19.1 Å². The summed E-state index contributed by atoms with van der Waals surface area (Å²) in [5.41, 5.74) is 1.47. The standard InChI is InChI=1S/C21H28N2O5S/c1-13(2)23(14(3)4)19(24)11-28-20(25)10-16-12-29-21(22-16)15-7-8-17(26-5)18(9-15)27-6/h7-9,12-14H,10-11H2,1-6H3. The van der Waals surface area contributed by atoms with Gasteiger partial charge in [-0.3, -0.25) is 9.59 Å². The molecule has 0 bridgehead atoms. The molecule has 1 aromatic heterocycles. The molecule has 8 heteroatoms. The van der Waals surface area contributed by atoms with Crippen molar-refractivity contribution in [3.63, 3.8) is 0 Å². The summed E-state index contributed by atoms with van der Waals surface area (Å²) in [6.07, 6.45) is 0.0143. The van der Waals surface area contributed by atoms with Gasteiger partial charge in [0.25, 0.3) is 5.91 Å². The van der Waals surface area contributed by atoms with Gasteiger partial charge in [0, 0.05) is 23.0 Å². The third-order valence-corrected chi connectivity index (χ3v) is 5.21. The highest BCUT2D eigenvalue weighted by Gasteiger charge is 2.21. The van der Waals surface area contributed by atoms with Gasteiger partial charge < -0.3 is 19.1 Å². The van der Waals surface area contributed by atoms with Gasteiger partial charge in [-0.1, -0.05) is 0 Å². The summed E-state index contributed by atoms with van der Waals surface area (Å²) in [5, 5.41) is 2.57. The Bertz CT molecular complexity index is 839.